The van der Waals surface area contributed by atoms with Crippen LogP contribution in [0.2, 0.25) is 0 Å². The molecular formula is C9H9F12O3P. The lowest BCUT2D eigenvalue weighted by atomic mass is 10.4. The number of alkyl halides is 12. The van der Waals surface area contributed by atoms with Gasteiger partial charge >= 0.3 is 27.1 Å². The summed E-state index contributed by atoms with van der Waals surface area (Å²) < 4.78 is 157. The zero-order chi connectivity index (χ0) is 20.1. The first-order chi connectivity index (χ1) is 11.0. The molecule has 0 spiro atoms. The minimum atomic E-state index is -5.19. The molecule has 0 N–H and O–H groups in total. The van der Waals surface area contributed by atoms with Crippen LogP contribution in [-0.4, -0.2) is 37.6 Å². The highest BCUT2D eigenvalue weighted by atomic mass is 31.2. The minimum absolute atomic E-state index is 2.37. The van der Waals surface area contributed by atoms with Gasteiger partial charge in [0, 0.05) is 0 Å². The molecule has 0 aliphatic heterocycles. The van der Waals surface area contributed by atoms with Gasteiger partial charge in [0.1, 0.15) is 0 Å². The average Bonchev–Trinajstić information content (AvgIpc) is 2.18. The molecule has 3 atom stereocenters. The lowest BCUT2D eigenvalue weighted by Crippen LogP contribution is -2.23. The van der Waals surface area contributed by atoms with E-state index in [1.165, 1.54) is 0 Å². The summed E-state index contributed by atoms with van der Waals surface area (Å²) >= 11 is 0. The lowest BCUT2D eigenvalue weighted by molar-refractivity contribution is -0.182. The van der Waals surface area contributed by atoms with Gasteiger partial charge in [-0.05, 0) is 0 Å². The van der Waals surface area contributed by atoms with Crippen molar-refractivity contribution < 1.29 is 66.3 Å². The SMILES string of the molecule is FC(CC(F)(F)F)OP(OC(F)CC(F)(F)F)OC(F)CC(F)(F)F. The lowest BCUT2D eigenvalue weighted by Gasteiger charge is -2.23. The number of rotatable bonds is 9. The van der Waals surface area contributed by atoms with E-state index >= 15 is 0 Å². The standard InChI is InChI=1S/C9H9F12O3P/c10-4(1-7(13,14)15)22-25(23-5(11)2-8(16,17)18)24-6(12)3-9(19,20)21/h4-6H,1-3H2. The van der Waals surface area contributed by atoms with Crippen LogP contribution in [0, 0.1) is 0 Å². The quantitative estimate of drug-likeness (QED) is 0.336. The van der Waals surface area contributed by atoms with E-state index in [0.29, 0.717) is 0 Å². The summed E-state index contributed by atoms with van der Waals surface area (Å²) in [5.41, 5.74) is 0. The third-order valence-corrected chi connectivity index (χ3v) is 2.98. The van der Waals surface area contributed by atoms with E-state index in [1.807, 2.05) is 0 Å². The van der Waals surface area contributed by atoms with Gasteiger partial charge in [0.2, 0.25) is 19.1 Å². The molecule has 0 bridgehead atoms. The number of halogens is 12. The fraction of sp³-hybridized carbons (Fsp3) is 1.00. The van der Waals surface area contributed by atoms with Gasteiger partial charge in [-0.15, -0.1) is 0 Å². The number of hydrogen-bond donors (Lipinski definition) is 0. The smallest absolute Gasteiger partial charge is 0.276 e. The van der Waals surface area contributed by atoms with Gasteiger partial charge in [-0.25, -0.2) is 13.2 Å². The van der Waals surface area contributed by atoms with Crippen molar-refractivity contribution >= 4 is 8.60 Å². The van der Waals surface area contributed by atoms with Crippen molar-refractivity contribution in [1.82, 2.24) is 0 Å². The molecule has 152 valence electrons. The van der Waals surface area contributed by atoms with E-state index in [2.05, 4.69) is 13.6 Å². The highest BCUT2D eigenvalue weighted by Gasteiger charge is 2.40. The highest BCUT2D eigenvalue weighted by molar-refractivity contribution is 7.41. The van der Waals surface area contributed by atoms with Crippen LogP contribution >= 0.6 is 8.60 Å². The maximum Gasteiger partial charge on any atom is 0.394 e. The van der Waals surface area contributed by atoms with Crippen molar-refractivity contribution in [2.75, 3.05) is 0 Å². The van der Waals surface area contributed by atoms with Gasteiger partial charge in [0.05, 0.1) is 19.3 Å². The largest absolute Gasteiger partial charge is 0.394 e. The average molecular weight is 424 g/mol. The van der Waals surface area contributed by atoms with Crippen LogP contribution in [0.5, 0.6) is 0 Å². The Morgan fingerprint density at radius 1 is 0.520 bits per heavy atom. The summed E-state index contributed by atoms with van der Waals surface area (Å²) in [6, 6.07) is 0. The molecule has 0 amide bonds. The summed E-state index contributed by atoms with van der Waals surface area (Å²) in [5, 5.41) is 0. The summed E-state index contributed by atoms with van der Waals surface area (Å²) in [7, 11) is -3.96. The molecule has 0 saturated carbocycles. The van der Waals surface area contributed by atoms with E-state index in [0.717, 1.165) is 0 Å². The van der Waals surface area contributed by atoms with Crippen molar-refractivity contribution in [3.8, 4) is 0 Å². The normalized spacial score (nSPS) is 18.7. The summed E-state index contributed by atoms with van der Waals surface area (Å²) in [6.45, 7) is 0. The van der Waals surface area contributed by atoms with E-state index < -0.39 is 65.5 Å². The second-order valence-electron chi connectivity index (χ2n) is 4.23. The van der Waals surface area contributed by atoms with Gasteiger partial charge < -0.3 is 0 Å². The molecule has 0 aromatic heterocycles. The van der Waals surface area contributed by atoms with Crippen molar-refractivity contribution in [2.24, 2.45) is 0 Å². The molecule has 0 aliphatic rings. The molecule has 0 aromatic carbocycles. The van der Waals surface area contributed by atoms with Crippen LogP contribution in [0.15, 0.2) is 0 Å². The van der Waals surface area contributed by atoms with Crippen LogP contribution < -0.4 is 0 Å². The topological polar surface area (TPSA) is 27.7 Å². The Labute approximate surface area is 133 Å². The third kappa shape index (κ3) is 15.4. The maximum absolute atomic E-state index is 13.0. The molecule has 0 aliphatic carbocycles. The molecule has 3 unspecified atom stereocenters. The van der Waals surface area contributed by atoms with E-state index in [4.69, 9.17) is 0 Å². The first-order valence-corrected chi connectivity index (χ1v) is 6.99. The van der Waals surface area contributed by atoms with Crippen molar-refractivity contribution in [3.05, 3.63) is 0 Å². The van der Waals surface area contributed by atoms with Gasteiger partial charge in [0.25, 0.3) is 0 Å². The second kappa shape index (κ2) is 9.42. The molecule has 16 heteroatoms. The Morgan fingerprint density at radius 3 is 0.880 bits per heavy atom. The van der Waals surface area contributed by atoms with Crippen molar-refractivity contribution in [3.63, 3.8) is 0 Å². The summed E-state index contributed by atoms with van der Waals surface area (Å²) in [5.74, 6) is 0. The molecule has 0 heterocycles. The van der Waals surface area contributed by atoms with Gasteiger partial charge in [-0.1, -0.05) is 0 Å². The molecule has 25 heavy (non-hydrogen) atoms. The minimum Gasteiger partial charge on any atom is -0.276 e. The zero-order valence-corrected chi connectivity index (χ0v) is 12.5. The molecule has 3 nitrogen and oxygen atoms in total. The second-order valence-corrected chi connectivity index (χ2v) is 5.31. The maximum atomic E-state index is 13.0. The predicted octanol–water partition coefficient (Wildman–Crippen LogP) is 6.01. The van der Waals surface area contributed by atoms with E-state index in [1.54, 1.807) is 0 Å². The molecule has 0 rings (SSSR count). The van der Waals surface area contributed by atoms with Gasteiger partial charge in [0.15, 0.2) is 0 Å². The first kappa shape index (κ1) is 24.5. The Morgan fingerprint density at radius 2 is 0.720 bits per heavy atom. The summed E-state index contributed by atoms with van der Waals surface area (Å²) in [4.78, 5) is 0. The molecule has 0 saturated heterocycles. The fourth-order valence-electron chi connectivity index (χ4n) is 1.01. The first-order valence-electron chi connectivity index (χ1n) is 5.90. The Balaban J connectivity index is 4.86. The zero-order valence-electron chi connectivity index (χ0n) is 11.6. The van der Waals surface area contributed by atoms with Gasteiger partial charge in [-0.2, -0.15) is 39.5 Å². The van der Waals surface area contributed by atoms with E-state index in [-0.39, 0.29) is 0 Å². The van der Waals surface area contributed by atoms with Crippen molar-refractivity contribution in [1.29, 1.82) is 0 Å². The van der Waals surface area contributed by atoms with Crippen LogP contribution in [0.3, 0.4) is 0 Å². The van der Waals surface area contributed by atoms with Crippen LogP contribution in [-0.2, 0) is 13.6 Å². The fourth-order valence-corrected chi connectivity index (χ4v) is 1.95. The molecule has 0 fully saturated rings. The Kier molecular flexibility index (Phi) is 9.22. The van der Waals surface area contributed by atoms with Crippen LogP contribution in [0.25, 0.3) is 0 Å². The van der Waals surface area contributed by atoms with E-state index in [9.17, 15) is 52.7 Å². The predicted molar refractivity (Wildman–Crippen MR) is 56.9 cm³/mol. The molecule has 0 aromatic rings. The highest BCUT2D eigenvalue weighted by Crippen LogP contribution is 2.48. The number of hydrogen-bond acceptors (Lipinski definition) is 3. The van der Waals surface area contributed by atoms with Gasteiger partial charge in [-0.3, -0.25) is 13.6 Å². The Hall–Kier alpha value is -0.530. The Bertz CT molecular complexity index is 326. The van der Waals surface area contributed by atoms with Crippen molar-refractivity contribution in [2.45, 2.75) is 56.9 Å². The molecule has 0 radical (unpaired) electrons. The third-order valence-electron chi connectivity index (χ3n) is 1.78. The molecular weight excluding hydrogens is 415 g/mol. The van der Waals surface area contributed by atoms with Crippen LogP contribution in [0.4, 0.5) is 52.7 Å². The van der Waals surface area contributed by atoms with Crippen LogP contribution in [0.1, 0.15) is 19.3 Å². The monoisotopic (exact) mass is 424 g/mol. The summed E-state index contributed by atoms with van der Waals surface area (Å²) in [6.07, 6.45) is -32.9.